The molecular weight excluding hydrogens is 359 g/mol. The van der Waals surface area contributed by atoms with Crippen molar-refractivity contribution in [2.75, 3.05) is 5.32 Å². The number of nitrogens with one attached hydrogen (secondary N) is 1. The van der Waals surface area contributed by atoms with E-state index in [1.165, 1.54) is 18.3 Å². The summed E-state index contributed by atoms with van der Waals surface area (Å²) in [5.74, 6) is -0.610. The number of halogens is 2. The van der Waals surface area contributed by atoms with Gasteiger partial charge in [0.25, 0.3) is 5.91 Å². The zero-order valence-corrected chi connectivity index (χ0v) is 14.2. The highest BCUT2D eigenvalue weighted by atomic mass is 35.5. The number of benzene rings is 2. The van der Waals surface area contributed by atoms with Gasteiger partial charge in [-0.3, -0.25) is 9.78 Å². The van der Waals surface area contributed by atoms with Crippen molar-refractivity contribution in [2.24, 2.45) is 0 Å². The van der Waals surface area contributed by atoms with E-state index in [1.54, 1.807) is 18.2 Å². The Kier molecular flexibility index (Phi) is 4.94. The van der Waals surface area contributed by atoms with E-state index < -0.39 is 5.91 Å². The fourth-order valence-electron chi connectivity index (χ4n) is 2.12. The van der Waals surface area contributed by atoms with Gasteiger partial charge in [-0.25, -0.2) is 4.98 Å². The van der Waals surface area contributed by atoms with Crippen molar-refractivity contribution >= 4 is 51.9 Å². The van der Waals surface area contributed by atoms with E-state index >= 15 is 0 Å². The molecule has 0 fully saturated rings. The largest absolute Gasteiger partial charge is 0.320 e. The predicted molar refractivity (Wildman–Crippen MR) is 98.2 cm³/mol. The number of anilines is 1. The molecule has 0 bridgehead atoms. The van der Waals surface area contributed by atoms with Gasteiger partial charge >= 0.3 is 0 Å². The van der Waals surface area contributed by atoms with Crippen LogP contribution in [0.2, 0.25) is 10.0 Å². The highest BCUT2D eigenvalue weighted by molar-refractivity contribution is 6.36. The molecule has 2 aromatic carbocycles. The highest BCUT2D eigenvalue weighted by Crippen LogP contribution is 2.26. The fourth-order valence-corrected chi connectivity index (χ4v) is 2.46. The lowest BCUT2D eigenvalue weighted by Crippen LogP contribution is -2.14. The molecule has 3 rings (SSSR count). The van der Waals surface area contributed by atoms with Crippen molar-refractivity contribution in [3.05, 3.63) is 70.0 Å². The monoisotopic (exact) mass is 368 g/mol. The summed E-state index contributed by atoms with van der Waals surface area (Å²) in [7, 11) is 0. The minimum Gasteiger partial charge on any atom is -0.320 e. The first-order valence-corrected chi connectivity index (χ1v) is 7.92. The van der Waals surface area contributed by atoms with E-state index in [9.17, 15) is 10.1 Å². The molecule has 25 heavy (non-hydrogen) atoms. The number of nitrogens with zero attached hydrogens (tertiary/aromatic N) is 3. The number of hydrogen-bond donors (Lipinski definition) is 1. The number of carbonyl (C=O) groups is 1. The molecule has 0 aliphatic heterocycles. The van der Waals surface area contributed by atoms with Crippen LogP contribution in [-0.2, 0) is 4.79 Å². The number of para-hydroxylation sites is 2. The number of aromatic nitrogens is 2. The first-order chi connectivity index (χ1) is 12.1. The molecule has 3 aromatic rings. The van der Waals surface area contributed by atoms with E-state index in [4.69, 9.17) is 23.2 Å². The molecule has 1 aromatic heterocycles. The van der Waals surface area contributed by atoms with Crippen LogP contribution in [0.15, 0.2) is 54.2 Å². The summed E-state index contributed by atoms with van der Waals surface area (Å²) in [6.07, 6.45) is 2.87. The van der Waals surface area contributed by atoms with E-state index in [0.717, 1.165) is 5.52 Å². The van der Waals surface area contributed by atoms with Crippen LogP contribution in [0.1, 0.15) is 5.69 Å². The van der Waals surface area contributed by atoms with Gasteiger partial charge in [-0.2, -0.15) is 5.26 Å². The van der Waals surface area contributed by atoms with Crippen molar-refractivity contribution in [2.45, 2.75) is 0 Å². The third kappa shape index (κ3) is 3.94. The standard InChI is InChI=1S/C18H10Cl2N4O/c19-12-5-6-14(20)17(8-12)24-18(25)11(9-21)7-13-10-22-15-3-1-2-4-16(15)23-13/h1-8,10H,(H,24,25)/b11-7+. The molecule has 1 heterocycles. The first kappa shape index (κ1) is 16.9. The Morgan fingerprint density at radius 3 is 2.68 bits per heavy atom. The number of fused-ring (bicyclic) bond motifs is 1. The van der Waals surface area contributed by atoms with Gasteiger partial charge in [0.15, 0.2) is 0 Å². The highest BCUT2D eigenvalue weighted by Gasteiger charge is 2.12. The summed E-state index contributed by atoms with van der Waals surface area (Å²) < 4.78 is 0. The summed E-state index contributed by atoms with van der Waals surface area (Å²) in [5, 5.41) is 12.6. The zero-order valence-electron chi connectivity index (χ0n) is 12.7. The molecule has 0 saturated heterocycles. The second-order valence-corrected chi connectivity index (χ2v) is 5.88. The predicted octanol–water partition coefficient (Wildman–Crippen LogP) is 4.48. The van der Waals surface area contributed by atoms with Crippen LogP contribution in [0.5, 0.6) is 0 Å². The van der Waals surface area contributed by atoms with Crippen LogP contribution in [0, 0.1) is 11.3 Å². The fraction of sp³-hybridized carbons (Fsp3) is 0. The molecule has 1 N–H and O–H groups in total. The van der Waals surface area contributed by atoms with Crippen LogP contribution in [0.4, 0.5) is 5.69 Å². The van der Waals surface area contributed by atoms with Crippen LogP contribution < -0.4 is 5.32 Å². The Balaban J connectivity index is 1.89. The smallest absolute Gasteiger partial charge is 0.266 e. The molecule has 5 nitrogen and oxygen atoms in total. The Bertz CT molecular complexity index is 1040. The number of rotatable bonds is 3. The molecule has 0 atom stereocenters. The van der Waals surface area contributed by atoms with Gasteiger partial charge in [-0.05, 0) is 36.4 Å². The summed E-state index contributed by atoms with van der Waals surface area (Å²) in [6.45, 7) is 0. The van der Waals surface area contributed by atoms with E-state index in [1.807, 2.05) is 24.3 Å². The maximum atomic E-state index is 12.3. The lowest BCUT2D eigenvalue weighted by atomic mass is 10.2. The van der Waals surface area contributed by atoms with Gasteiger partial charge < -0.3 is 5.32 Å². The third-order valence-corrected chi connectivity index (χ3v) is 3.87. The van der Waals surface area contributed by atoms with Crippen LogP contribution in [0.25, 0.3) is 17.1 Å². The van der Waals surface area contributed by atoms with Crippen molar-refractivity contribution in [1.82, 2.24) is 9.97 Å². The van der Waals surface area contributed by atoms with Crippen LogP contribution in [-0.4, -0.2) is 15.9 Å². The molecule has 1 amide bonds. The van der Waals surface area contributed by atoms with E-state index in [2.05, 4.69) is 15.3 Å². The zero-order chi connectivity index (χ0) is 17.8. The van der Waals surface area contributed by atoms with Gasteiger partial charge in [0.1, 0.15) is 11.6 Å². The number of hydrogen-bond acceptors (Lipinski definition) is 4. The molecule has 0 unspecified atom stereocenters. The molecule has 0 saturated carbocycles. The SMILES string of the molecule is N#C/C(=C\c1cnc2ccccc2n1)C(=O)Nc1cc(Cl)ccc1Cl. The molecule has 0 radical (unpaired) electrons. The summed E-state index contributed by atoms with van der Waals surface area (Å²) in [5.41, 5.74) is 2.01. The average Bonchev–Trinajstić information content (AvgIpc) is 2.62. The normalized spacial score (nSPS) is 11.2. The summed E-state index contributed by atoms with van der Waals surface area (Å²) >= 11 is 11.9. The molecule has 0 aliphatic rings. The topological polar surface area (TPSA) is 78.7 Å². The Morgan fingerprint density at radius 1 is 1.16 bits per heavy atom. The first-order valence-electron chi connectivity index (χ1n) is 7.17. The van der Waals surface area contributed by atoms with Crippen molar-refractivity contribution in [3.8, 4) is 6.07 Å². The lowest BCUT2D eigenvalue weighted by molar-refractivity contribution is -0.112. The van der Waals surface area contributed by atoms with Gasteiger partial charge in [-0.15, -0.1) is 0 Å². The second-order valence-electron chi connectivity index (χ2n) is 5.03. The molecule has 7 heteroatoms. The Labute approximate surface area is 153 Å². The number of amides is 1. The van der Waals surface area contributed by atoms with Crippen molar-refractivity contribution in [3.63, 3.8) is 0 Å². The molecular formula is C18H10Cl2N4O. The van der Waals surface area contributed by atoms with Gasteiger partial charge in [0.05, 0.1) is 33.6 Å². The minimum atomic E-state index is -0.610. The van der Waals surface area contributed by atoms with E-state index in [0.29, 0.717) is 26.9 Å². The maximum Gasteiger partial charge on any atom is 0.266 e. The Hall–Kier alpha value is -2.94. The average molecular weight is 369 g/mol. The van der Waals surface area contributed by atoms with Gasteiger partial charge in [0, 0.05) is 5.02 Å². The molecule has 122 valence electrons. The summed E-state index contributed by atoms with van der Waals surface area (Å²) in [4.78, 5) is 20.9. The minimum absolute atomic E-state index is 0.124. The van der Waals surface area contributed by atoms with Gasteiger partial charge in [0.2, 0.25) is 0 Å². The van der Waals surface area contributed by atoms with Crippen molar-refractivity contribution < 1.29 is 4.79 Å². The quantitative estimate of drug-likeness (QED) is 0.545. The molecule has 0 aliphatic carbocycles. The maximum absolute atomic E-state index is 12.3. The molecule has 0 spiro atoms. The van der Waals surface area contributed by atoms with Crippen LogP contribution in [0.3, 0.4) is 0 Å². The van der Waals surface area contributed by atoms with Crippen molar-refractivity contribution in [1.29, 1.82) is 5.26 Å². The van der Waals surface area contributed by atoms with Gasteiger partial charge in [-0.1, -0.05) is 35.3 Å². The third-order valence-electron chi connectivity index (χ3n) is 3.30. The number of carbonyl (C=O) groups excluding carboxylic acids is 1. The second kappa shape index (κ2) is 7.31. The summed E-state index contributed by atoms with van der Waals surface area (Å²) in [6, 6.07) is 13.9. The Morgan fingerprint density at radius 2 is 1.92 bits per heavy atom. The lowest BCUT2D eigenvalue weighted by Gasteiger charge is -2.07. The van der Waals surface area contributed by atoms with Crippen LogP contribution >= 0.6 is 23.2 Å². The van der Waals surface area contributed by atoms with E-state index in [-0.39, 0.29) is 5.57 Å². The number of nitriles is 1.